The Kier molecular flexibility index (Phi) is 6.92. The van der Waals surface area contributed by atoms with Gasteiger partial charge in [-0.25, -0.2) is 5.84 Å². The molecular weight excluding hydrogens is 242 g/mol. The van der Waals surface area contributed by atoms with E-state index in [1.165, 1.54) is 0 Å². The molecule has 1 amide bonds. The Labute approximate surface area is 114 Å². The zero-order valence-electron chi connectivity index (χ0n) is 11.7. The summed E-state index contributed by atoms with van der Waals surface area (Å²) in [5.74, 6) is 5.38. The first-order valence-corrected chi connectivity index (χ1v) is 6.68. The minimum Gasteiger partial charge on any atom is -0.491 e. The number of nitrogens with two attached hydrogens (primary N) is 1. The lowest BCUT2D eigenvalue weighted by molar-refractivity contribution is 0.0949. The Hall–Kier alpha value is -1.59. The lowest BCUT2D eigenvalue weighted by Crippen LogP contribution is -2.31. The number of nitrogen functional groups attached to an aromatic ring is 1. The van der Waals surface area contributed by atoms with Gasteiger partial charge in [-0.2, -0.15) is 0 Å². The van der Waals surface area contributed by atoms with Crippen LogP contribution in [0.4, 0.5) is 0 Å². The zero-order chi connectivity index (χ0) is 14.1. The Bertz CT molecular complexity index is 396. The third kappa shape index (κ3) is 4.89. The number of hydrazine groups is 1. The van der Waals surface area contributed by atoms with Crippen LogP contribution in [0.1, 0.15) is 30.6 Å². The highest BCUT2D eigenvalue weighted by Crippen LogP contribution is 2.17. The molecule has 0 heterocycles. The van der Waals surface area contributed by atoms with Gasteiger partial charge in [0.05, 0.1) is 5.56 Å². The number of nitrogens with zero attached hydrogens (tertiary/aromatic N) is 1. The molecule has 1 aromatic rings. The molecule has 0 aliphatic heterocycles. The summed E-state index contributed by atoms with van der Waals surface area (Å²) < 4.78 is 5.68. The maximum Gasteiger partial charge on any atom is 0.268 e. The summed E-state index contributed by atoms with van der Waals surface area (Å²) in [7, 11) is 0. The highest BCUT2D eigenvalue weighted by molar-refractivity contribution is 5.96. The van der Waals surface area contributed by atoms with Crippen molar-refractivity contribution in [3.05, 3.63) is 29.8 Å². The fourth-order valence-electron chi connectivity index (χ4n) is 1.89. The molecule has 0 aromatic heterocycles. The molecule has 5 nitrogen and oxygen atoms in total. The second-order valence-electron chi connectivity index (χ2n) is 4.25. The number of carbonyl (C=O) groups excluding carboxylic acids is 1. The van der Waals surface area contributed by atoms with Gasteiger partial charge in [0.15, 0.2) is 0 Å². The zero-order valence-corrected chi connectivity index (χ0v) is 11.7. The number of hydrogen-bond donors (Lipinski definition) is 2. The van der Waals surface area contributed by atoms with Crippen LogP contribution in [-0.2, 0) is 0 Å². The van der Waals surface area contributed by atoms with Crippen LogP contribution in [0, 0.1) is 0 Å². The van der Waals surface area contributed by atoms with E-state index in [0.29, 0.717) is 17.9 Å². The second-order valence-corrected chi connectivity index (χ2v) is 4.25. The molecule has 0 aliphatic rings. The van der Waals surface area contributed by atoms with Gasteiger partial charge < -0.3 is 9.64 Å². The van der Waals surface area contributed by atoms with E-state index >= 15 is 0 Å². The number of benzene rings is 1. The van der Waals surface area contributed by atoms with Gasteiger partial charge in [0, 0.05) is 6.54 Å². The van der Waals surface area contributed by atoms with Crippen LogP contribution in [0.3, 0.4) is 0 Å². The molecule has 3 N–H and O–H groups in total. The van der Waals surface area contributed by atoms with Crippen molar-refractivity contribution in [2.75, 3.05) is 26.2 Å². The van der Waals surface area contributed by atoms with E-state index in [0.717, 1.165) is 26.1 Å². The van der Waals surface area contributed by atoms with Crippen LogP contribution in [0.2, 0.25) is 0 Å². The lowest BCUT2D eigenvalue weighted by atomic mass is 10.2. The Morgan fingerprint density at radius 2 is 2.05 bits per heavy atom. The van der Waals surface area contributed by atoms with Gasteiger partial charge in [0.2, 0.25) is 0 Å². The minimum atomic E-state index is -0.337. The molecule has 1 aromatic carbocycles. The molecule has 0 saturated heterocycles. The summed E-state index contributed by atoms with van der Waals surface area (Å²) in [6.07, 6.45) is 1.13. The molecule has 0 saturated carbocycles. The van der Waals surface area contributed by atoms with E-state index in [9.17, 15) is 4.79 Å². The maximum absolute atomic E-state index is 11.6. The van der Waals surface area contributed by atoms with Gasteiger partial charge >= 0.3 is 0 Å². The number of carbonyl (C=O) groups is 1. The summed E-state index contributed by atoms with van der Waals surface area (Å²) >= 11 is 0. The molecule has 0 fully saturated rings. The van der Waals surface area contributed by atoms with E-state index in [1.54, 1.807) is 18.2 Å². The van der Waals surface area contributed by atoms with Gasteiger partial charge in [-0.3, -0.25) is 10.2 Å². The fraction of sp³-hybridized carbons (Fsp3) is 0.500. The Balaban J connectivity index is 2.55. The van der Waals surface area contributed by atoms with Crippen molar-refractivity contribution in [1.29, 1.82) is 0 Å². The molecule has 0 atom stereocenters. The largest absolute Gasteiger partial charge is 0.491 e. The van der Waals surface area contributed by atoms with Gasteiger partial charge in [-0.15, -0.1) is 0 Å². The summed E-state index contributed by atoms with van der Waals surface area (Å²) in [6.45, 7) is 7.76. The average molecular weight is 265 g/mol. The van der Waals surface area contributed by atoms with Crippen molar-refractivity contribution in [3.63, 3.8) is 0 Å². The molecule has 5 heteroatoms. The van der Waals surface area contributed by atoms with Gasteiger partial charge in [0.1, 0.15) is 12.4 Å². The number of para-hydroxylation sites is 1. The molecule has 0 unspecified atom stereocenters. The molecule has 19 heavy (non-hydrogen) atoms. The quantitative estimate of drug-likeness (QED) is 0.423. The number of nitrogens with one attached hydrogen (secondary N) is 1. The van der Waals surface area contributed by atoms with Crippen LogP contribution >= 0.6 is 0 Å². The van der Waals surface area contributed by atoms with Crippen molar-refractivity contribution in [1.82, 2.24) is 10.3 Å². The second kappa shape index (κ2) is 8.50. The first-order valence-electron chi connectivity index (χ1n) is 6.68. The molecule has 1 rings (SSSR count). The summed E-state index contributed by atoms with van der Waals surface area (Å²) in [6, 6.07) is 7.10. The van der Waals surface area contributed by atoms with Crippen LogP contribution in [0.25, 0.3) is 0 Å². The normalized spacial score (nSPS) is 10.5. The van der Waals surface area contributed by atoms with Crippen molar-refractivity contribution in [3.8, 4) is 5.75 Å². The highest BCUT2D eigenvalue weighted by Gasteiger charge is 2.10. The molecule has 0 spiro atoms. The predicted octanol–water partition coefficient (Wildman–Crippen LogP) is 1.40. The molecule has 0 bridgehead atoms. The van der Waals surface area contributed by atoms with E-state index in [4.69, 9.17) is 10.6 Å². The predicted molar refractivity (Wildman–Crippen MR) is 76.0 cm³/mol. The van der Waals surface area contributed by atoms with Gasteiger partial charge in [-0.05, 0) is 31.6 Å². The topological polar surface area (TPSA) is 67.6 Å². The lowest BCUT2D eigenvalue weighted by Gasteiger charge is -2.20. The van der Waals surface area contributed by atoms with Gasteiger partial charge in [0.25, 0.3) is 5.91 Å². The maximum atomic E-state index is 11.6. The van der Waals surface area contributed by atoms with E-state index < -0.39 is 0 Å². The van der Waals surface area contributed by atoms with Crippen LogP contribution in [-0.4, -0.2) is 37.0 Å². The third-order valence-corrected chi connectivity index (χ3v) is 2.91. The van der Waals surface area contributed by atoms with E-state index in [2.05, 4.69) is 24.2 Å². The third-order valence-electron chi connectivity index (χ3n) is 2.91. The Morgan fingerprint density at radius 1 is 1.32 bits per heavy atom. The highest BCUT2D eigenvalue weighted by atomic mass is 16.5. The first-order chi connectivity index (χ1) is 9.22. The number of likely N-dealkylation sites (N-methyl/N-ethyl adjacent to an activating group) is 1. The molecular formula is C14H23N3O2. The standard InChI is InChI=1S/C14H23N3O2/c1-3-9-17(4-2)10-11-19-13-8-6-5-7-12(13)14(18)16-15/h5-8H,3-4,9-11,15H2,1-2H3,(H,16,18). The monoisotopic (exact) mass is 265 g/mol. The average Bonchev–Trinajstić information content (AvgIpc) is 2.46. The summed E-state index contributed by atoms with van der Waals surface area (Å²) in [5.41, 5.74) is 2.58. The minimum absolute atomic E-state index is 0.337. The molecule has 106 valence electrons. The first kappa shape index (κ1) is 15.5. The molecule has 0 aliphatic carbocycles. The van der Waals surface area contributed by atoms with Crippen LogP contribution < -0.4 is 16.0 Å². The van der Waals surface area contributed by atoms with Crippen molar-refractivity contribution < 1.29 is 9.53 Å². The fourth-order valence-corrected chi connectivity index (χ4v) is 1.89. The number of hydrogen-bond acceptors (Lipinski definition) is 4. The molecule has 0 radical (unpaired) electrons. The van der Waals surface area contributed by atoms with Crippen molar-refractivity contribution >= 4 is 5.91 Å². The number of ether oxygens (including phenoxy) is 1. The van der Waals surface area contributed by atoms with Gasteiger partial charge in [-0.1, -0.05) is 26.0 Å². The van der Waals surface area contributed by atoms with Crippen molar-refractivity contribution in [2.45, 2.75) is 20.3 Å². The Morgan fingerprint density at radius 3 is 2.68 bits per heavy atom. The van der Waals surface area contributed by atoms with Crippen LogP contribution in [0.5, 0.6) is 5.75 Å². The number of amides is 1. The van der Waals surface area contributed by atoms with Crippen LogP contribution in [0.15, 0.2) is 24.3 Å². The SMILES string of the molecule is CCCN(CC)CCOc1ccccc1C(=O)NN. The van der Waals surface area contributed by atoms with E-state index in [-0.39, 0.29) is 5.91 Å². The smallest absolute Gasteiger partial charge is 0.268 e. The van der Waals surface area contributed by atoms with E-state index in [1.807, 2.05) is 6.07 Å². The summed E-state index contributed by atoms with van der Waals surface area (Å²) in [4.78, 5) is 13.9. The van der Waals surface area contributed by atoms with Crippen molar-refractivity contribution in [2.24, 2.45) is 5.84 Å². The number of rotatable bonds is 8. The summed E-state index contributed by atoms with van der Waals surface area (Å²) in [5, 5.41) is 0.